The predicted octanol–water partition coefficient (Wildman–Crippen LogP) is 6.86. The number of esters is 1. The number of halogens is 1. The van der Waals surface area contributed by atoms with Crippen molar-refractivity contribution in [3.63, 3.8) is 0 Å². The van der Waals surface area contributed by atoms with Crippen molar-refractivity contribution in [2.24, 2.45) is 0 Å². The van der Waals surface area contributed by atoms with E-state index >= 15 is 0 Å². The van der Waals surface area contributed by atoms with Crippen LogP contribution in [0.1, 0.15) is 60.2 Å². The molecule has 0 saturated heterocycles. The van der Waals surface area contributed by atoms with Gasteiger partial charge in [0.2, 0.25) is 0 Å². The molecule has 1 atom stereocenters. The van der Waals surface area contributed by atoms with Gasteiger partial charge in [0.05, 0.1) is 13.0 Å². The van der Waals surface area contributed by atoms with Crippen LogP contribution in [0.5, 0.6) is 0 Å². The highest BCUT2D eigenvalue weighted by molar-refractivity contribution is 7.19. The molecule has 0 aliphatic heterocycles. The van der Waals surface area contributed by atoms with Crippen LogP contribution in [0.25, 0.3) is 21.3 Å². The number of nitrogens with zero attached hydrogens (tertiary/aromatic N) is 1. The van der Waals surface area contributed by atoms with E-state index in [1.165, 1.54) is 35.8 Å². The van der Waals surface area contributed by atoms with Gasteiger partial charge in [-0.1, -0.05) is 43.1 Å². The molecule has 2 aromatic heterocycles. The first-order chi connectivity index (χ1) is 14.1. The van der Waals surface area contributed by atoms with Crippen LogP contribution in [0.2, 0.25) is 5.02 Å². The lowest BCUT2D eigenvalue weighted by atomic mass is 9.83. The van der Waals surface area contributed by atoms with Crippen LogP contribution in [0.4, 0.5) is 0 Å². The van der Waals surface area contributed by atoms with Crippen LogP contribution in [-0.4, -0.2) is 18.1 Å². The summed E-state index contributed by atoms with van der Waals surface area (Å²) in [4.78, 5) is 20.3. The molecule has 5 heteroatoms. The SMILES string of the molecule is CCCC(C(=O)OC)c1c(C)nc2sc3c(c2c1-c1ccccc1Cl)CCCC3. The van der Waals surface area contributed by atoms with Gasteiger partial charge in [0, 0.05) is 26.5 Å². The summed E-state index contributed by atoms with van der Waals surface area (Å²) >= 11 is 8.50. The van der Waals surface area contributed by atoms with E-state index in [2.05, 4.69) is 13.0 Å². The quantitative estimate of drug-likeness (QED) is 0.417. The Morgan fingerprint density at radius 3 is 2.76 bits per heavy atom. The molecule has 0 saturated carbocycles. The average Bonchev–Trinajstić information content (AvgIpc) is 3.09. The van der Waals surface area contributed by atoms with E-state index in [4.69, 9.17) is 21.3 Å². The number of benzene rings is 1. The van der Waals surface area contributed by atoms with E-state index < -0.39 is 0 Å². The van der Waals surface area contributed by atoms with E-state index in [-0.39, 0.29) is 11.9 Å². The second kappa shape index (κ2) is 8.45. The van der Waals surface area contributed by atoms with Crippen LogP contribution in [0.15, 0.2) is 24.3 Å². The molecule has 1 aliphatic carbocycles. The second-order valence-electron chi connectivity index (χ2n) is 7.72. The molecule has 1 aliphatic rings. The van der Waals surface area contributed by atoms with Crippen LogP contribution in [0, 0.1) is 6.92 Å². The van der Waals surface area contributed by atoms with Crippen molar-refractivity contribution in [2.45, 2.75) is 58.3 Å². The van der Waals surface area contributed by atoms with Gasteiger partial charge in [-0.2, -0.15) is 0 Å². The van der Waals surface area contributed by atoms with Gasteiger partial charge in [0.25, 0.3) is 0 Å². The number of rotatable bonds is 5. The molecular formula is C24H26ClNO2S. The molecule has 0 fully saturated rings. The Labute approximate surface area is 181 Å². The Hall–Kier alpha value is -1.91. The largest absolute Gasteiger partial charge is 0.469 e. The first kappa shape index (κ1) is 20.4. The van der Waals surface area contributed by atoms with Gasteiger partial charge in [-0.05, 0) is 61.8 Å². The van der Waals surface area contributed by atoms with Crippen molar-refractivity contribution >= 4 is 39.1 Å². The van der Waals surface area contributed by atoms with Crippen molar-refractivity contribution in [1.29, 1.82) is 0 Å². The Morgan fingerprint density at radius 2 is 2.03 bits per heavy atom. The summed E-state index contributed by atoms with van der Waals surface area (Å²) < 4.78 is 5.20. The van der Waals surface area contributed by atoms with Gasteiger partial charge in [-0.25, -0.2) is 4.98 Å². The number of carbonyl (C=O) groups is 1. The number of thiophene rings is 1. The van der Waals surface area contributed by atoms with E-state index in [9.17, 15) is 4.79 Å². The Bertz CT molecular complexity index is 1070. The number of fused-ring (bicyclic) bond motifs is 3. The molecule has 152 valence electrons. The Balaban J connectivity index is 2.12. The summed E-state index contributed by atoms with van der Waals surface area (Å²) in [5.74, 6) is -0.541. The summed E-state index contributed by atoms with van der Waals surface area (Å²) in [7, 11) is 1.47. The molecular weight excluding hydrogens is 402 g/mol. The molecule has 3 aromatic rings. The minimum atomic E-state index is -0.340. The highest BCUT2D eigenvalue weighted by atomic mass is 35.5. The second-order valence-corrected chi connectivity index (χ2v) is 9.21. The maximum atomic E-state index is 12.8. The minimum Gasteiger partial charge on any atom is -0.469 e. The number of carbonyl (C=O) groups excluding carboxylic acids is 1. The Kier molecular flexibility index (Phi) is 5.93. The van der Waals surface area contributed by atoms with Gasteiger partial charge in [0.1, 0.15) is 4.83 Å². The fourth-order valence-electron chi connectivity index (χ4n) is 4.60. The minimum absolute atomic E-state index is 0.200. The smallest absolute Gasteiger partial charge is 0.313 e. The van der Waals surface area contributed by atoms with Crippen molar-refractivity contribution in [2.75, 3.05) is 7.11 Å². The normalized spacial score (nSPS) is 14.6. The topological polar surface area (TPSA) is 39.2 Å². The zero-order chi connectivity index (χ0) is 20.5. The van der Waals surface area contributed by atoms with Gasteiger partial charge < -0.3 is 4.74 Å². The summed E-state index contributed by atoms with van der Waals surface area (Å²) in [5.41, 5.74) is 5.34. The van der Waals surface area contributed by atoms with Gasteiger partial charge in [-0.15, -0.1) is 11.3 Å². The lowest BCUT2D eigenvalue weighted by Crippen LogP contribution is -2.17. The van der Waals surface area contributed by atoms with Crippen molar-refractivity contribution < 1.29 is 9.53 Å². The molecule has 3 nitrogen and oxygen atoms in total. The molecule has 1 aromatic carbocycles. The highest BCUT2D eigenvalue weighted by Gasteiger charge is 2.31. The summed E-state index contributed by atoms with van der Waals surface area (Å²) in [5, 5.41) is 1.90. The zero-order valence-corrected chi connectivity index (χ0v) is 18.8. The molecule has 29 heavy (non-hydrogen) atoms. The molecule has 4 rings (SSSR count). The first-order valence-corrected chi connectivity index (χ1v) is 11.5. The molecule has 2 heterocycles. The predicted molar refractivity (Wildman–Crippen MR) is 121 cm³/mol. The molecule has 0 N–H and O–H groups in total. The van der Waals surface area contributed by atoms with Crippen LogP contribution in [0.3, 0.4) is 0 Å². The van der Waals surface area contributed by atoms with Crippen LogP contribution in [-0.2, 0) is 22.4 Å². The number of methoxy groups -OCH3 is 1. The molecule has 0 spiro atoms. The third-order valence-electron chi connectivity index (χ3n) is 5.89. The number of pyridine rings is 1. The van der Waals surface area contributed by atoms with E-state index in [0.29, 0.717) is 5.02 Å². The molecule has 1 unspecified atom stereocenters. The summed E-state index contributed by atoms with van der Waals surface area (Å²) in [6.07, 6.45) is 6.22. The van der Waals surface area contributed by atoms with Crippen molar-refractivity contribution in [3.05, 3.63) is 51.0 Å². The summed E-state index contributed by atoms with van der Waals surface area (Å²) in [6, 6.07) is 7.95. The van der Waals surface area contributed by atoms with Gasteiger partial charge in [-0.3, -0.25) is 4.79 Å². The molecule has 0 radical (unpaired) electrons. The maximum Gasteiger partial charge on any atom is 0.313 e. The number of hydrogen-bond donors (Lipinski definition) is 0. The van der Waals surface area contributed by atoms with Gasteiger partial charge in [0.15, 0.2) is 0 Å². The Morgan fingerprint density at radius 1 is 1.28 bits per heavy atom. The van der Waals surface area contributed by atoms with E-state index in [0.717, 1.165) is 52.9 Å². The fraction of sp³-hybridized carbons (Fsp3) is 0.417. The standard InChI is InChI=1S/C24H26ClNO2S/c1-4-9-17(24(27)28-3)20-14(2)26-23-22(16-11-6-8-13-19(16)29-23)21(20)15-10-5-7-12-18(15)25/h5,7,10,12,17H,4,6,8-9,11,13H2,1-3H3. The number of hydrogen-bond acceptors (Lipinski definition) is 4. The number of aromatic nitrogens is 1. The molecule has 0 bridgehead atoms. The zero-order valence-electron chi connectivity index (χ0n) is 17.2. The number of ether oxygens (including phenoxy) is 1. The monoisotopic (exact) mass is 427 g/mol. The highest BCUT2D eigenvalue weighted by Crippen LogP contribution is 2.47. The fourth-order valence-corrected chi connectivity index (χ4v) is 6.14. The van der Waals surface area contributed by atoms with E-state index in [1.54, 1.807) is 11.3 Å². The lowest BCUT2D eigenvalue weighted by molar-refractivity contribution is -0.142. The summed E-state index contributed by atoms with van der Waals surface area (Å²) in [6.45, 7) is 4.11. The number of aryl methyl sites for hydroxylation is 3. The van der Waals surface area contributed by atoms with Crippen LogP contribution < -0.4 is 0 Å². The average molecular weight is 428 g/mol. The molecule has 0 amide bonds. The van der Waals surface area contributed by atoms with Crippen molar-refractivity contribution in [1.82, 2.24) is 4.98 Å². The maximum absolute atomic E-state index is 12.8. The van der Waals surface area contributed by atoms with E-state index in [1.807, 2.05) is 25.1 Å². The van der Waals surface area contributed by atoms with Gasteiger partial charge >= 0.3 is 5.97 Å². The van der Waals surface area contributed by atoms with Crippen LogP contribution >= 0.6 is 22.9 Å². The van der Waals surface area contributed by atoms with Crippen molar-refractivity contribution in [3.8, 4) is 11.1 Å². The third-order valence-corrected chi connectivity index (χ3v) is 7.40. The lowest BCUT2D eigenvalue weighted by Gasteiger charge is -2.22. The first-order valence-electron chi connectivity index (χ1n) is 10.3. The third kappa shape index (κ3) is 3.57.